The number of aliphatic hydroxyl groups is 1. The van der Waals surface area contributed by atoms with Gasteiger partial charge in [0.25, 0.3) is 0 Å². The van der Waals surface area contributed by atoms with Gasteiger partial charge in [0.2, 0.25) is 5.91 Å². The van der Waals surface area contributed by atoms with Gasteiger partial charge in [0.05, 0.1) is 39.9 Å². The highest BCUT2D eigenvalue weighted by Crippen LogP contribution is 2.43. The lowest BCUT2D eigenvalue weighted by atomic mass is 10.0. The van der Waals surface area contributed by atoms with Crippen molar-refractivity contribution >= 4 is 13.7 Å². The third-order valence-electron chi connectivity index (χ3n) is 9.53. The van der Waals surface area contributed by atoms with E-state index in [1.54, 1.807) is 6.08 Å². The number of carbonyl (C=O) groups is 1. The third-order valence-corrected chi connectivity index (χ3v) is 10.5. The molecule has 0 aliphatic heterocycles. The second kappa shape index (κ2) is 37.1. The van der Waals surface area contributed by atoms with Crippen molar-refractivity contribution in [3.8, 4) is 0 Å². The van der Waals surface area contributed by atoms with E-state index in [-0.39, 0.29) is 25.5 Å². The summed E-state index contributed by atoms with van der Waals surface area (Å²) in [5.41, 5.74) is 0. The standard InChI is InChI=1S/C45H85N2O6P/c1-6-8-10-12-14-16-18-20-21-22-23-24-25-27-28-30-32-34-36-38-44(48)43(42-53-54(50,51)52-41-40-47(3,4)5)46-45(49)39-37-35-33-31-29-26-19-17-15-13-11-9-7-2/h26,28-30,33,35-36,38,43-44,48H,6-25,27,31-32,34,37,39-42H2,1-5H3,(H-,46,49,50,51)/p+1/b29-26-,30-28+,35-33-,38-36+. The molecule has 8 nitrogen and oxygen atoms in total. The average molecular weight is 782 g/mol. The van der Waals surface area contributed by atoms with Gasteiger partial charge in [0, 0.05) is 6.42 Å². The van der Waals surface area contributed by atoms with Crippen LogP contribution < -0.4 is 5.32 Å². The Bertz CT molecular complexity index is 1020. The third kappa shape index (κ3) is 38.7. The fourth-order valence-corrected chi connectivity index (χ4v) is 6.72. The molecular weight excluding hydrogens is 695 g/mol. The Morgan fingerprint density at radius 3 is 1.59 bits per heavy atom. The number of hydrogen-bond donors (Lipinski definition) is 3. The van der Waals surface area contributed by atoms with Crippen LogP contribution in [0.3, 0.4) is 0 Å². The molecule has 0 aliphatic rings. The Morgan fingerprint density at radius 2 is 1.07 bits per heavy atom. The molecule has 9 heteroatoms. The number of rotatable bonds is 39. The summed E-state index contributed by atoms with van der Waals surface area (Å²) in [4.78, 5) is 23.0. The summed E-state index contributed by atoms with van der Waals surface area (Å²) in [5.74, 6) is -0.255. The number of aliphatic hydroxyl groups excluding tert-OH is 1. The maximum Gasteiger partial charge on any atom is 0.472 e. The molecular formula is C45H86N2O6P+. The number of phosphoric ester groups is 1. The van der Waals surface area contributed by atoms with E-state index in [2.05, 4.69) is 49.5 Å². The molecule has 54 heavy (non-hydrogen) atoms. The monoisotopic (exact) mass is 782 g/mol. The second-order valence-electron chi connectivity index (χ2n) is 16.1. The highest BCUT2D eigenvalue weighted by atomic mass is 31.2. The first kappa shape index (κ1) is 52.5. The van der Waals surface area contributed by atoms with Crippen LogP contribution in [0.15, 0.2) is 48.6 Å². The minimum absolute atomic E-state index is 0.0458. The van der Waals surface area contributed by atoms with Crippen LogP contribution >= 0.6 is 7.82 Å². The van der Waals surface area contributed by atoms with Crippen molar-refractivity contribution in [2.24, 2.45) is 0 Å². The van der Waals surface area contributed by atoms with Gasteiger partial charge in [0.15, 0.2) is 0 Å². The van der Waals surface area contributed by atoms with Crippen LogP contribution in [0, 0.1) is 0 Å². The first-order valence-electron chi connectivity index (χ1n) is 22.0. The Kier molecular flexibility index (Phi) is 36.0. The number of nitrogens with one attached hydrogen (secondary N) is 1. The average Bonchev–Trinajstić information content (AvgIpc) is 3.12. The van der Waals surface area contributed by atoms with E-state index in [0.29, 0.717) is 17.4 Å². The number of unbranched alkanes of at least 4 members (excludes halogenated alkanes) is 20. The van der Waals surface area contributed by atoms with Crippen molar-refractivity contribution in [3.63, 3.8) is 0 Å². The van der Waals surface area contributed by atoms with Gasteiger partial charge in [-0.2, -0.15) is 0 Å². The number of amides is 1. The zero-order chi connectivity index (χ0) is 40.0. The minimum atomic E-state index is -4.36. The first-order chi connectivity index (χ1) is 26.0. The Hall–Kier alpha value is -1.54. The lowest BCUT2D eigenvalue weighted by Gasteiger charge is -2.25. The molecule has 3 unspecified atom stereocenters. The molecule has 3 N–H and O–H groups in total. The summed E-state index contributed by atoms with van der Waals surface area (Å²) in [7, 11) is 1.52. The fraction of sp³-hybridized carbons (Fsp3) is 0.800. The number of likely N-dealkylation sites (N-methyl/N-ethyl adjacent to an activating group) is 1. The van der Waals surface area contributed by atoms with Crippen LogP contribution in [-0.4, -0.2) is 73.4 Å². The van der Waals surface area contributed by atoms with E-state index >= 15 is 0 Å². The van der Waals surface area contributed by atoms with Crippen molar-refractivity contribution in [1.82, 2.24) is 5.32 Å². The molecule has 0 aromatic rings. The van der Waals surface area contributed by atoms with Gasteiger partial charge in [-0.25, -0.2) is 4.57 Å². The molecule has 0 rings (SSSR count). The predicted octanol–water partition coefficient (Wildman–Crippen LogP) is 12.1. The number of quaternary nitrogens is 1. The van der Waals surface area contributed by atoms with Crippen LogP contribution in [-0.2, 0) is 18.4 Å². The minimum Gasteiger partial charge on any atom is -0.387 e. The summed E-state index contributed by atoms with van der Waals surface area (Å²) in [6, 6.07) is -0.892. The van der Waals surface area contributed by atoms with E-state index in [4.69, 9.17) is 9.05 Å². The van der Waals surface area contributed by atoms with Crippen molar-refractivity contribution in [2.75, 3.05) is 40.9 Å². The summed E-state index contributed by atoms with van der Waals surface area (Å²) >= 11 is 0. The van der Waals surface area contributed by atoms with Gasteiger partial charge in [-0.15, -0.1) is 0 Å². The SMILES string of the molecule is CCCCCCCC/C=C\C/C=C\CCC(=O)NC(COP(=O)(O)OCC[N+](C)(C)C)C(O)/C=C/CC/C=C/CCCCCCCCCCCCCCC. The van der Waals surface area contributed by atoms with E-state index in [9.17, 15) is 19.4 Å². The molecule has 1 amide bonds. The van der Waals surface area contributed by atoms with Crippen LogP contribution in [0.25, 0.3) is 0 Å². The van der Waals surface area contributed by atoms with Gasteiger partial charge in [-0.3, -0.25) is 13.8 Å². The lowest BCUT2D eigenvalue weighted by Crippen LogP contribution is -2.45. The van der Waals surface area contributed by atoms with Crippen LogP contribution in [0.1, 0.15) is 181 Å². The van der Waals surface area contributed by atoms with Crippen LogP contribution in [0.5, 0.6) is 0 Å². The quantitative estimate of drug-likeness (QED) is 0.0248. The number of carbonyl (C=O) groups excluding carboxylic acids is 1. The zero-order valence-electron chi connectivity index (χ0n) is 35.7. The molecule has 316 valence electrons. The Labute approximate surface area is 333 Å². The molecule has 0 aliphatic carbocycles. The summed E-state index contributed by atoms with van der Waals surface area (Å²) in [6.07, 6.45) is 46.3. The molecule has 0 spiro atoms. The number of nitrogens with zero attached hydrogens (tertiary/aromatic N) is 1. The van der Waals surface area contributed by atoms with Gasteiger partial charge >= 0.3 is 7.82 Å². The smallest absolute Gasteiger partial charge is 0.387 e. The van der Waals surface area contributed by atoms with Crippen molar-refractivity contribution in [1.29, 1.82) is 0 Å². The molecule has 0 heterocycles. The number of phosphoric acid groups is 1. The van der Waals surface area contributed by atoms with Gasteiger partial charge in [-0.05, 0) is 51.4 Å². The topological polar surface area (TPSA) is 105 Å². The Morgan fingerprint density at radius 1 is 0.630 bits per heavy atom. The molecule has 3 atom stereocenters. The molecule has 0 fully saturated rings. The first-order valence-corrected chi connectivity index (χ1v) is 23.5. The molecule has 0 bridgehead atoms. The van der Waals surface area contributed by atoms with Gasteiger partial charge in [-0.1, -0.05) is 172 Å². The molecule has 0 aromatic carbocycles. The van der Waals surface area contributed by atoms with Crippen molar-refractivity contribution < 1.29 is 32.9 Å². The molecule has 0 aromatic heterocycles. The van der Waals surface area contributed by atoms with Crippen LogP contribution in [0.4, 0.5) is 0 Å². The summed E-state index contributed by atoms with van der Waals surface area (Å²) in [5, 5.41) is 13.7. The van der Waals surface area contributed by atoms with Gasteiger partial charge in [0.1, 0.15) is 13.2 Å². The maximum absolute atomic E-state index is 12.8. The molecule has 0 radical (unpaired) electrons. The number of allylic oxidation sites excluding steroid dienone is 7. The summed E-state index contributed by atoms with van der Waals surface area (Å²) < 4.78 is 23.5. The zero-order valence-corrected chi connectivity index (χ0v) is 36.6. The molecule has 0 saturated heterocycles. The lowest BCUT2D eigenvalue weighted by molar-refractivity contribution is -0.870. The largest absolute Gasteiger partial charge is 0.472 e. The second-order valence-corrected chi connectivity index (χ2v) is 17.5. The van der Waals surface area contributed by atoms with E-state index in [1.165, 1.54) is 122 Å². The van der Waals surface area contributed by atoms with E-state index < -0.39 is 20.0 Å². The molecule has 0 saturated carbocycles. The van der Waals surface area contributed by atoms with Crippen LogP contribution in [0.2, 0.25) is 0 Å². The van der Waals surface area contributed by atoms with Crippen molar-refractivity contribution in [2.45, 2.75) is 193 Å². The predicted molar refractivity (Wildman–Crippen MR) is 231 cm³/mol. The highest BCUT2D eigenvalue weighted by molar-refractivity contribution is 7.47. The van der Waals surface area contributed by atoms with E-state index in [0.717, 1.165) is 32.1 Å². The summed E-state index contributed by atoms with van der Waals surface area (Å²) in [6.45, 7) is 4.73. The van der Waals surface area contributed by atoms with Gasteiger partial charge < -0.3 is 19.8 Å². The Balaban J connectivity index is 4.54. The maximum atomic E-state index is 12.8. The van der Waals surface area contributed by atoms with Crippen molar-refractivity contribution in [3.05, 3.63) is 48.6 Å². The highest BCUT2D eigenvalue weighted by Gasteiger charge is 2.27. The fourth-order valence-electron chi connectivity index (χ4n) is 5.99. The normalized spacial score (nSPS) is 14.9. The number of hydrogen-bond acceptors (Lipinski definition) is 5. The van der Waals surface area contributed by atoms with E-state index in [1.807, 2.05) is 33.3 Å².